The minimum atomic E-state index is -0.704. The molecule has 2 aromatic rings. The number of carbonyl (C=O) groups excluding carboxylic acids is 2. The van der Waals surface area contributed by atoms with Crippen molar-refractivity contribution in [1.29, 1.82) is 5.26 Å². The van der Waals surface area contributed by atoms with Gasteiger partial charge in [0.2, 0.25) is 5.91 Å². The van der Waals surface area contributed by atoms with Gasteiger partial charge in [-0.2, -0.15) is 5.26 Å². The maximum Gasteiger partial charge on any atom is 0.252 e. The number of para-hydroxylation sites is 1. The summed E-state index contributed by atoms with van der Waals surface area (Å²) in [5.74, 6) is 0.671. The van der Waals surface area contributed by atoms with E-state index in [1.807, 2.05) is 50.2 Å². The van der Waals surface area contributed by atoms with E-state index in [0.29, 0.717) is 23.5 Å². The summed E-state index contributed by atoms with van der Waals surface area (Å²) in [7, 11) is 0. The van der Waals surface area contributed by atoms with E-state index in [1.165, 1.54) is 0 Å². The van der Waals surface area contributed by atoms with Crippen LogP contribution >= 0.6 is 0 Å². The summed E-state index contributed by atoms with van der Waals surface area (Å²) in [4.78, 5) is 24.8. The second-order valence-electron chi connectivity index (χ2n) is 6.47. The van der Waals surface area contributed by atoms with Crippen LogP contribution in [0.4, 0.5) is 0 Å². The first-order valence-electron chi connectivity index (χ1n) is 8.78. The lowest BCUT2D eigenvalue weighted by Gasteiger charge is -2.19. The van der Waals surface area contributed by atoms with Crippen LogP contribution in [0.3, 0.4) is 0 Å². The number of nitrogens with zero attached hydrogens (tertiary/aromatic N) is 1. The van der Waals surface area contributed by atoms with Gasteiger partial charge in [-0.1, -0.05) is 38.1 Å². The van der Waals surface area contributed by atoms with Gasteiger partial charge in [-0.05, 0) is 42.7 Å². The molecule has 2 amide bonds. The van der Waals surface area contributed by atoms with Crippen molar-refractivity contribution in [2.45, 2.75) is 26.3 Å². The molecule has 0 fully saturated rings. The first-order chi connectivity index (χ1) is 13.0. The van der Waals surface area contributed by atoms with Crippen molar-refractivity contribution in [2.75, 3.05) is 6.54 Å². The summed E-state index contributed by atoms with van der Waals surface area (Å²) in [6.45, 7) is 3.83. The van der Waals surface area contributed by atoms with Gasteiger partial charge in [-0.25, -0.2) is 0 Å². The van der Waals surface area contributed by atoms with Gasteiger partial charge in [0.15, 0.2) is 0 Å². The Morgan fingerprint density at radius 1 is 1.07 bits per heavy atom. The lowest BCUT2D eigenvalue weighted by molar-refractivity contribution is -0.123. The first kappa shape index (κ1) is 20.0. The molecule has 27 heavy (non-hydrogen) atoms. The Labute approximate surface area is 159 Å². The molecule has 0 unspecified atom stereocenters. The zero-order valence-electron chi connectivity index (χ0n) is 15.4. The molecule has 1 atom stereocenters. The molecular weight excluding hydrogens is 342 g/mol. The van der Waals surface area contributed by atoms with Gasteiger partial charge in [-0.3, -0.25) is 9.59 Å². The minimum Gasteiger partial charge on any atom is -0.457 e. The molecule has 2 aromatic carbocycles. The fourth-order valence-corrected chi connectivity index (χ4v) is 2.52. The van der Waals surface area contributed by atoms with E-state index >= 15 is 0 Å². The summed E-state index contributed by atoms with van der Waals surface area (Å²) in [6, 6.07) is 17.2. The molecule has 140 valence electrons. The molecule has 6 nitrogen and oxygen atoms in total. The minimum absolute atomic E-state index is 0.0936. The maximum absolute atomic E-state index is 12.6. The van der Waals surface area contributed by atoms with Crippen LogP contribution < -0.4 is 15.4 Å². The number of nitriles is 1. The fraction of sp³-hybridized carbons (Fsp3) is 0.286. The van der Waals surface area contributed by atoms with E-state index in [1.54, 1.807) is 24.3 Å². The molecular formula is C21H23N3O3. The molecule has 2 N–H and O–H groups in total. The predicted octanol–water partition coefficient (Wildman–Crippen LogP) is 3.26. The van der Waals surface area contributed by atoms with Crippen molar-refractivity contribution in [2.24, 2.45) is 5.92 Å². The van der Waals surface area contributed by atoms with Crippen molar-refractivity contribution in [1.82, 2.24) is 10.6 Å². The SMILES string of the molecule is CC(C)C[C@H](NC(=O)c1cccc(Oc2ccccc2)c1)C(=O)NCC#N. The maximum atomic E-state index is 12.6. The number of benzene rings is 2. The zero-order chi connectivity index (χ0) is 19.6. The van der Waals surface area contributed by atoms with Crippen molar-refractivity contribution < 1.29 is 14.3 Å². The lowest BCUT2D eigenvalue weighted by Crippen LogP contribution is -2.47. The Kier molecular flexibility index (Phi) is 7.38. The molecule has 0 heterocycles. The summed E-state index contributed by atoms with van der Waals surface area (Å²) in [5.41, 5.74) is 0.394. The highest BCUT2D eigenvalue weighted by atomic mass is 16.5. The highest BCUT2D eigenvalue weighted by Gasteiger charge is 2.22. The fourth-order valence-electron chi connectivity index (χ4n) is 2.52. The average molecular weight is 365 g/mol. The standard InChI is InChI=1S/C21H23N3O3/c1-15(2)13-19(21(26)23-12-11-22)24-20(25)16-7-6-10-18(14-16)27-17-8-4-3-5-9-17/h3-10,14-15,19H,12-13H2,1-2H3,(H,23,26)(H,24,25)/t19-/m0/s1. The zero-order valence-corrected chi connectivity index (χ0v) is 15.4. The van der Waals surface area contributed by atoms with Crippen molar-refractivity contribution in [3.63, 3.8) is 0 Å². The molecule has 0 aliphatic heterocycles. The molecule has 0 bridgehead atoms. The molecule has 0 aromatic heterocycles. The summed E-state index contributed by atoms with van der Waals surface area (Å²) in [6.07, 6.45) is 0.475. The number of amides is 2. The number of nitrogens with one attached hydrogen (secondary N) is 2. The Balaban J connectivity index is 2.09. The third-order valence-electron chi connectivity index (χ3n) is 3.75. The van der Waals surface area contributed by atoms with E-state index < -0.39 is 6.04 Å². The second-order valence-corrected chi connectivity index (χ2v) is 6.47. The van der Waals surface area contributed by atoms with E-state index in [-0.39, 0.29) is 24.3 Å². The quantitative estimate of drug-likeness (QED) is 0.703. The van der Waals surface area contributed by atoms with Gasteiger partial charge >= 0.3 is 0 Å². The lowest BCUT2D eigenvalue weighted by atomic mass is 10.0. The van der Waals surface area contributed by atoms with E-state index in [2.05, 4.69) is 10.6 Å². The molecule has 0 saturated carbocycles. The highest BCUT2D eigenvalue weighted by Crippen LogP contribution is 2.22. The van der Waals surface area contributed by atoms with Crippen LogP contribution in [-0.2, 0) is 4.79 Å². The predicted molar refractivity (Wildman–Crippen MR) is 102 cm³/mol. The van der Waals surface area contributed by atoms with Gasteiger partial charge < -0.3 is 15.4 Å². The van der Waals surface area contributed by atoms with Crippen molar-refractivity contribution in [3.8, 4) is 17.6 Å². The van der Waals surface area contributed by atoms with Crippen molar-refractivity contribution in [3.05, 3.63) is 60.2 Å². The number of hydrogen-bond acceptors (Lipinski definition) is 4. The molecule has 2 rings (SSSR count). The van der Waals surface area contributed by atoms with Crippen LogP contribution in [-0.4, -0.2) is 24.4 Å². The Morgan fingerprint density at radius 3 is 2.44 bits per heavy atom. The normalized spacial score (nSPS) is 11.3. The second kappa shape index (κ2) is 9.97. The molecule has 0 radical (unpaired) electrons. The van der Waals surface area contributed by atoms with E-state index in [0.717, 1.165) is 0 Å². The van der Waals surface area contributed by atoms with Gasteiger partial charge in [-0.15, -0.1) is 0 Å². The van der Waals surface area contributed by atoms with Crippen LogP contribution in [0, 0.1) is 17.2 Å². The average Bonchev–Trinajstić information content (AvgIpc) is 2.66. The molecule has 0 aliphatic carbocycles. The number of hydrogen-bond donors (Lipinski definition) is 2. The van der Waals surface area contributed by atoms with Crippen LogP contribution in [0.2, 0.25) is 0 Å². The summed E-state index contributed by atoms with van der Waals surface area (Å²) >= 11 is 0. The summed E-state index contributed by atoms with van der Waals surface area (Å²) in [5, 5.41) is 13.9. The molecule has 0 saturated heterocycles. The third kappa shape index (κ3) is 6.48. The summed E-state index contributed by atoms with van der Waals surface area (Å²) < 4.78 is 5.74. The largest absolute Gasteiger partial charge is 0.457 e. The monoisotopic (exact) mass is 365 g/mol. The first-order valence-corrected chi connectivity index (χ1v) is 8.78. The van der Waals surface area contributed by atoms with Gasteiger partial charge in [0.05, 0.1) is 6.07 Å². The number of rotatable bonds is 8. The molecule has 0 aliphatic rings. The smallest absolute Gasteiger partial charge is 0.252 e. The van der Waals surface area contributed by atoms with Crippen molar-refractivity contribution >= 4 is 11.8 Å². The van der Waals surface area contributed by atoms with Crippen LogP contribution in [0.1, 0.15) is 30.6 Å². The molecule has 0 spiro atoms. The van der Waals surface area contributed by atoms with Crippen LogP contribution in [0.25, 0.3) is 0 Å². The van der Waals surface area contributed by atoms with Gasteiger partial charge in [0, 0.05) is 5.56 Å². The number of ether oxygens (including phenoxy) is 1. The van der Waals surface area contributed by atoms with Gasteiger partial charge in [0.1, 0.15) is 24.1 Å². The topological polar surface area (TPSA) is 91.2 Å². The number of carbonyl (C=O) groups is 2. The van der Waals surface area contributed by atoms with Crippen LogP contribution in [0.5, 0.6) is 11.5 Å². The Bertz CT molecular complexity index is 813. The highest BCUT2D eigenvalue weighted by molar-refractivity contribution is 5.97. The Morgan fingerprint density at radius 2 is 1.78 bits per heavy atom. The van der Waals surface area contributed by atoms with Crippen LogP contribution in [0.15, 0.2) is 54.6 Å². The molecule has 6 heteroatoms. The van der Waals surface area contributed by atoms with Gasteiger partial charge in [0.25, 0.3) is 5.91 Å². The van der Waals surface area contributed by atoms with E-state index in [9.17, 15) is 9.59 Å². The Hall–Kier alpha value is -3.33. The van der Waals surface area contributed by atoms with E-state index in [4.69, 9.17) is 10.00 Å². The third-order valence-corrected chi connectivity index (χ3v) is 3.75.